The molecule has 2 rings (SSSR count). The summed E-state index contributed by atoms with van der Waals surface area (Å²) in [6, 6.07) is 0. The summed E-state index contributed by atoms with van der Waals surface area (Å²) < 4.78 is 0. The average molecular weight is 196 g/mol. The molecular formula is C10H20N4. The molecule has 1 heterocycles. The van der Waals surface area contributed by atoms with E-state index in [9.17, 15) is 0 Å². The van der Waals surface area contributed by atoms with Crippen molar-refractivity contribution >= 4 is 5.96 Å². The van der Waals surface area contributed by atoms with Gasteiger partial charge in [-0.25, -0.2) is 5.84 Å². The molecule has 2 fully saturated rings. The molecule has 4 nitrogen and oxygen atoms in total. The molecule has 4 heteroatoms. The SMILES string of the molecule is CCCN=C(NN)N1CCC2(CC2)C1. The van der Waals surface area contributed by atoms with Crippen molar-refractivity contribution < 1.29 is 0 Å². The number of rotatable bonds is 2. The highest BCUT2D eigenvalue weighted by atomic mass is 15.4. The van der Waals surface area contributed by atoms with Gasteiger partial charge >= 0.3 is 0 Å². The van der Waals surface area contributed by atoms with Gasteiger partial charge in [0.25, 0.3) is 0 Å². The fourth-order valence-corrected chi connectivity index (χ4v) is 2.16. The molecule has 1 saturated carbocycles. The number of nitrogens with one attached hydrogen (secondary N) is 1. The van der Waals surface area contributed by atoms with Crippen LogP contribution in [0.15, 0.2) is 4.99 Å². The quantitative estimate of drug-likeness (QED) is 0.296. The van der Waals surface area contributed by atoms with Crippen LogP contribution in [0.2, 0.25) is 0 Å². The Balaban J connectivity index is 1.92. The Hall–Kier alpha value is -0.770. The first kappa shape index (κ1) is 9.77. The number of aliphatic imine (C=N–C) groups is 1. The molecule has 0 bridgehead atoms. The van der Waals surface area contributed by atoms with Gasteiger partial charge in [-0.2, -0.15) is 0 Å². The summed E-state index contributed by atoms with van der Waals surface area (Å²) in [4.78, 5) is 6.74. The third-order valence-electron chi connectivity index (χ3n) is 3.31. The standard InChI is InChI=1S/C10H20N4/c1-2-6-12-9(13-11)14-7-5-10(8-14)3-4-10/h2-8,11H2,1H3,(H,12,13). The third-order valence-corrected chi connectivity index (χ3v) is 3.31. The molecular weight excluding hydrogens is 176 g/mol. The zero-order valence-electron chi connectivity index (χ0n) is 8.92. The molecule has 3 N–H and O–H groups in total. The van der Waals surface area contributed by atoms with E-state index in [0.29, 0.717) is 5.41 Å². The monoisotopic (exact) mass is 196 g/mol. The Labute approximate surface area is 85.5 Å². The highest BCUT2D eigenvalue weighted by molar-refractivity contribution is 5.79. The predicted octanol–water partition coefficient (Wildman–Crippen LogP) is 0.702. The van der Waals surface area contributed by atoms with Crippen LogP contribution in [0.3, 0.4) is 0 Å². The van der Waals surface area contributed by atoms with Crippen LogP contribution in [-0.4, -0.2) is 30.5 Å². The van der Waals surface area contributed by atoms with Gasteiger partial charge in [0.15, 0.2) is 0 Å². The first-order chi connectivity index (χ1) is 6.79. The van der Waals surface area contributed by atoms with E-state index in [2.05, 4.69) is 22.2 Å². The van der Waals surface area contributed by atoms with Gasteiger partial charge in [0, 0.05) is 19.6 Å². The summed E-state index contributed by atoms with van der Waals surface area (Å²) in [5.74, 6) is 6.36. The number of hydrazine groups is 1. The van der Waals surface area contributed by atoms with Crippen molar-refractivity contribution in [1.82, 2.24) is 10.3 Å². The molecule has 0 unspecified atom stereocenters. The van der Waals surface area contributed by atoms with Gasteiger partial charge in [-0.3, -0.25) is 10.4 Å². The van der Waals surface area contributed by atoms with Gasteiger partial charge in [-0.05, 0) is 31.1 Å². The minimum absolute atomic E-state index is 0.643. The summed E-state index contributed by atoms with van der Waals surface area (Å²) >= 11 is 0. The Bertz CT molecular complexity index is 232. The van der Waals surface area contributed by atoms with Crippen molar-refractivity contribution in [1.29, 1.82) is 0 Å². The molecule has 0 aromatic rings. The van der Waals surface area contributed by atoms with Crippen LogP contribution in [-0.2, 0) is 0 Å². The average Bonchev–Trinajstić information content (AvgIpc) is 2.81. The second kappa shape index (κ2) is 3.77. The lowest BCUT2D eigenvalue weighted by Crippen LogP contribution is -2.44. The summed E-state index contributed by atoms with van der Waals surface area (Å²) in [7, 11) is 0. The van der Waals surface area contributed by atoms with Gasteiger partial charge in [-0.15, -0.1) is 0 Å². The molecule has 2 aliphatic rings. The Kier molecular flexibility index (Phi) is 2.63. The van der Waals surface area contributed by atoms with Crippen LogP contribution < -0.4 is 11.3 Å². The first-order valence-electron chi connectivity index (χ1n) is 5.56. The van der Waals surface area contributed by atoms with Crippen molar-refractivity contribution in [3.8, 4) is 0 Å². The summed E-state index contributed by atoms with van der Waals surface area (Å²) in [5.41, 5.74) is 3.36. The Morgan fingerprint density at radius 1 is 1.50 bits per heavy atom. The predicted molar refractivity (Wildman–Crippen MR) is 57.8 cm³/mol. The molecule has 1 saturated heterocycles. The lowest BCUT2D eigenvalue weighted by atomic mass is 10.1. The molecule has 14 heavy (non-hydrogen) atoms. The van der Waals surface area contributed by atoms with E-state index in [1.807, 2.05) is 0 Å². The number of nitrogens with zero attached hydrogens (tertiary/aromatic N) is 2. The van der Waals surface area contributed by atoms with E-state index < -0.39 is 0 Å². The van der Waals surface area contributed by atoms with Crippen LogP contribution in [0.4, 0.5) is 0 Å². The van der Waals surface area contributed by atoms with Gasteiger partial charge in [0.1, 0.15) is 0 Å². The maximum atomic E-state index is 5.48. The summed E-state index contributed by atoms with van der Waals surface area (Å²) in [5, 5.41) is 0. The second-order valence-electron chi connectivity index (χ2n) is 4.52. The summed E-state index contributed by atoms with van der Waals surface area (Å²) in [6.07, 6.45) is 5.19. The topological polar surface area (TPSA) is 53.6 Å². The molecule has 0 amide bonds. The lowest BCUT2D eigenvalue weighted by Gasteiger charge is -2.19. The van der Waals surface area contributed by atoms with Crippen molar-refractivity contribution in [2.75, 3.05) is 19.6 Å². The van der Waals surface area contributed by atoms with Crippen LogP contribution in [0.5, 0.6) is 0 Å². The number of hydrogen-bond acceptors (Lipinski definition) is 2. The van der Waals surface area contributed by atoms with Gasteiger partial charge < -0.3 is 4.90 Å². The van der Waals surface area contributed by atoms with Crippen LogP contribution in [0, 0.1) is 5.41 Å². The van der Waals surface area contributed by atoms with E-state index >= 15 is 0 Å². The number of guanidine groups is 1. The van der Waals surface area contributed by atoms with E-state index in [-0.39, 0.29) is 0 Å². The van der Waals surface area contributed by atoms with Crippen molar-refractivity contribution in [3.63, 3.8) is 0 Å². The lowest BCUT2D eigenvalue weighted by molar-refractivity contribution is 0.453. The number of hydrogen-bond donors (Lipinski definition) is 2. The van der Waals surface area contributed by atoms with Gasteiger partial charge in [0.2, 0.25) is 5.96 Å². The number of likely N-dealkylation sites (tertiary alicyclic amines) is 1. The van der Waals surface area contributed by atoms with E-state index in [4.69, 9.17) is 5.84 Å². The van der Waals surface area contributed by atoms with Gasteiger partial charge in [0.05, 0.1) is 0 Å². The molecule has 0 aromatic carbocycles. The van der Waals surface area contributed by atoms with Crippen molar-refractivity contribution in [3.05, 3.63) is 0 Å². The molecule has 1 aliphatic carbocycles. The Morgan fingerprint density at radius 2 is 2.29 bits per heavy atom. The molecule has 0 atom stereocenters. The zero-order chi connectivity index (χ0) is 10.0. The maximum Gasteiger partial charge on any atom is 0.208 e. The smallest absolute Gasteiger partial charge is 0.208 e. The van der Waals surface area contributed by atoms with Crippen LogP contribution in [0.25, 0.3) is 0 Å². The third kappa shape index (κ3) is 1.85. The molecule has 1 aliphatic heterocycles. The Morgan fingerprint density at radius 3 is 2.79 bits per heavy atom. The van der Waals surface area contributed by atoms with Gasteiger partial charge in [-0.1, -0.05) is 6.92 Å². The molecule has 80 valence electrons. The molecule has 0 radical (unpaired) electrons. The van der Waals surface area contributed by atoms with E-state index in [1.165, 1.54) is 19.3 Å². The fraction of sp³-hybridized carbons (Fsp3) is 0.900. The number of nitrogens with two attached hydrogens (primary N) is 1. The minimum atomic E-state index is 0.643. The van der Waals surface area contributed by atoms with E-state index in [1.54, 1.807) is 0 Å². The molecule has 0 aromatic heterocycles. The van der Waals surface area contributed by atoms with Crippen LogP contribution >= 0.6 is 0 Å². The maximum absolute atomic E-state index is 5.48. The fourth-order valence-electron chi connectivity index (χ4n) is 2.16. The van der Waals surface area contributed by atoms with Crippen molar-refractivity contribution in [2.24, 2.45) is 16.3 Å². The second-order valence-corrected chi connectivity index (χ2v) is 4.52. The van der Waals surface area contributed by atoms with Crippen LogP contribution in [0.1, 0.15) is 32.6 Å². The highest BCUT2D eigenvalue weighted by Gasteiger charge is 2.48. The normalized spacial score (nSPS) is 24.4. The summed E-state index contributed by atoms with van der Waals surface area (Å²) in [6.45, 7) is 5.26. The largest absolute Gasteiger partial charge is 0.341 e. The zero-order valence-corrected chi connectivity index (χ0v) is 8.92. The minimum Gasteiger partial charge on any atom is -0.341 e. The highest BCUT2D eigenvalue weighted by Crippen LogP contribution is 2.52. The molecule has 1 spiro atoms. The van der Waals surface area contributed by atoms with E-state index in [0.717, 1.165) is 32.0 Å². The first-order valence-corrected chi connectivity index (χ1v) is 5.56. The van der Waals surface area contributed by atoms with Crippen molar-refractivity contribution in [2.45, 2.75) is 32.6 Å².